The Morgan fingerprint density at radius 1 is 1.32 bits per heavy atom. The van der Waals surface area contributed by atoms with Gasteiger partial charge in [-0.15, -0.1) is 0 Å². The number of morpholine rings is 1. The molecule has 1 N–H and O–H groups in total. The number of aromatic amines is 1. The van der Waals surface area contributed by atoms with Crippen molar-refractivity contribution in [3.63, 3.8) is 0 Å². The molecule has 28 heavy (non-hydrogen) atoms. The van der Waals surface area contributed by atoms with Crippen molar-refractivity contribution in [2.45, 2.75) is 19.9 Å². The summed E-state index contributed by atoms with van der Waals surface area (Å²) in [6, 6.07) is 4.32. The van der Waals surface area contributed by atoms with E-state index in [-0.39, 0.29) is 6.04 Å². The quantitative estimate of drug-likeness (QED) is 0.568. The van der Waals surface area contributed by atoms with Gasteiger partial charge in [-0.25, -0.2) is 14.6 Å². The molecule has 1 aliphatic rings. The number of pyridine rings is 1. The van der Waals surface area contributed by atoms with Crippen molar-refractivity contribution in [3.8, 4) is 22.8 Å². The largest absolute Gasteiger partial charge is 0.377 e. The lowest BCUT2D eigenvalue weighted by atomic mass is 10.1. The Bertz CT molecular complexity index is 1150. The minimum absolute atomic E-state index is 0.244. The third kappa shape index (κ3) is 2.76. The van der Waals surface area contributed by atoms with E-state index < -0.39 is 0 Å². The van der Waals surface area contributed by atoms with Gasteiger partial charge in [0, 0.05) is 24.8 Å². The van der Waals surface area contributed by atoms with Gasteiger partial charge in [-0.1, -0.05) is 0 Å². The second-order valence-corrected chi connectivity index (χ2v) is 7.77. The molecule has 0 aromatic carbocycles. The summed E-state index contributed by atoms with van der Waals surface area (Å²) in [6.07, 6.45) is 1.57. The number of hydrogen-bond acceptors (Lipinski definition) is 8. The maximum Gasteiger partial charge on any atom is 0.159 e. The lowest BCUT2D eigenvalue weighted by molar-refractivity contribution is 0.0986. The van der Waals surface area contributed by atoms with Gasteiger partial charge in [0.15, 0.2) is 5.82 Å². The number of H-pyrrole nitrogens is 1. The van der Waals surface area contributed by atoms with Crippen LogP contribution >= 0.6 is 11.5 Å². The Labute approximate surface area is 165 Å². The molecule has 0 saturated carbocycles. The van der Waals surface area contributed by atoms with E-state index in [2.05, 4.69) is 42.5 Å². The van der Waals surface area contributed by atoms with Crippen LogP contribution in [0.25, 0.3) is 33.0 Å². The van der Waals surface area contributed by atoms with Crippen LogP contribution in [-0.2, 0) is 11.8 Å². The number of ether oxygens (including phenoxy) is 1. The Hall–Kier alpha value is -2.85. The molecule has 1 saturated heterocycles. The molecule has 0 spiro atoms. The molecule has 4 aromatic heterocycles. The van der Waals surface area contributed by atoms with Crippen LogP contribution in [0.3, 0.4) is 0 Å². The molecular weight excluding hydrogens is 376 g/mol. The van der Waals surface area contributed by atoms with E-state index in [1.807, 2.05) is 20.0 Å². The fourth-order valence-electron chi connectivity index (χ4n) is 3.54. The van der Waals surface area contributed by atoms with Crippen LogP contribution in [0.1, 0.15) is 12.6 Å². The molecule has 0 amide bonds. The number of nitrogens with zero attached hydrogens (tertiary/aromatic N) is 7. The normalized spacial score (nSPS) is 17.5. The van der Waals surface area contributed by atoms with E-state index in [1.165, 1.54) is 11.5 Å². The highest BCUT2D eigenvalue weighted by Crippen LogP contribution is 2.38. The molecule has 0 bridgehead atoms. The van der Waals surface area contributed by atoms with Crippen molar-refractivity contribution in [2.75, 3.05) is 24.7 Å². The zero-order valence-electron chi connectivity index (χ0n) is 15.9. The predicted octanol–water partition coefficient (Wildman–Crippen LogP) is 2.41. The van der Waals surface area contributed by atoms with E-state index in [0.717, 1.165) is 51.0 Å². The fourth-order valence-corrected chi connectivity index (χ4v) is 4.38. The first kappa shape index (κ1) is 17.3. The highest BCUT2D eigenvalue weighted by atomic mass is 32.1. The summed E-state index contributed by atoms with van der Waals surface area (Å²) < 4.78 is 13.0. The molecule has 0 radical (unpaired) electrons. The third-order valence-corrected chi connectivity index (χ3v) is 5.84. The summed E-state index contributed by atoms with van der Waals surface area (Å²) in [5.41, 5.74) is 4.39. The molecule has 4 aromatic rings. The highest BCUT2D eigenvalue weighted by molar-refractivity contribution is 7.14. The highest BCUT2D eigenvalue weighted by Gasteiger charge is 2.25. The molecule has 10 heteroatoms. The van der Waals surface area contributed by atoms with Crippen LogP contribution < -0.4 is 4.90 Å². The SMILES string of the molecule is Cc1cc(-c2nsc3c(-c4ncnn4C)cc(N4CCOCC4C)nc23)n[nH]1. The van der Waals surface area contributed by atoms with Gasteiger partial charge in [-0.3, -0.25) is 5.10 Å². The number of nitrogens with one attached hydrogen (secondary N) is 1. The second kappa shape index (κ2) is 6.64. The first-order valence-corrected chi connectivity index (χ1v) is 9.90. The molecule has 1 aliphatic heterocycles. The van der Waals surface area contributed by atoms with Crippen molar-refractivity contribution >= 4 is 27.6 Å². The Morgan fingerprint density at radius 3 is 2.93 bits per heavy atom. The Balaban J connectivity index is 1.75. The summed E-state index contributed by atoms with van der Waals surface area (Å²) in [5, 5.41) is 11.6. The van der Waals surface area contributed by atoms with Crippen molar-refractivity contribution < 1.29 is 4.74 Å². The van der Waals surface area contributed by atoms with Crippen LogP contribution in [0.5, 0.6) is 0 Å². The maximum atomic E-state index is 5.60. The standard InChI is InChI=1S/C18H20N8OS/c1-10-6-13(23-22-10)15-16-17(28-24-15)12(18-19-9-20-25(18)3)7-14(21-16)26-4-5-27-8-11(26)2/h6-7,9,11H,4-5,8H2,1-3H3,(H,22,23). The number of hydrogen-bond donors (Lipinski definition) is 1. The summed E-state index contributed by atoms with van der Waals surface area (Å²) in [4.78, 5) is 11.7. The van der Waals surface area contributed by atoms with Crippen molar-refractivity contribution in [3.05, 3.63) is 24.2 Å². The molecule has 1 fully saturated rings. The van der Waals surface area contributed by atoms with Gasteiger partial charge in [0.25, 0.3) is 0 Å². The third-order valence-electron chi connectivity index (χ3n) is 4.97. The number of fused-ring (bicyclic) bond motifs is 1. The van der Waals surface area contributed by atoms with E-state index in [9.17, 15) is 0 Å². The minimum Gasteiger partial charge on any atom is -0.377 e. The molecule has 5 rings (SSSR count). The molecule has 5 heterocycles. The molecular formula is C18H20N8OS. The molecule has 9 nitrogen and oxygen atoms in total. The van der Waals surface area contributed by atoms with Gasteiger partial charge in [0.05, 0.1) is 24.0 Å². The number of aryl methyl sites for hydroxylation is 2. The lowest BCUT2D eigenvalue weighted by Crippen LogP contribution is -2.44. The fraction of sp³-hybridized carbons (Fsp3) is 0.389. The average Bonchev–Trinajstić information content (AvgIpc) is 3.41. The minimum atomic E-state index is 0.244. The average molecular weight is 396 g/mol. The van der Waals surface area contributed by atoms with Gasteiger partial charge < -0.3 is 9.64 Å². The van der Waals surface area contributed by atoms with Crippen molar-refractivity contribution in [2.24, 2.45) is 7.05 Å². The molecule has 0 aliphatic carbocycles. The zero-order chi connectivity index (χ0) is 19.3. The van der Waals surface area contributed by atoms with E-state index in [0.29, 0.717) is 13.2 Å². The lowest BCUT2D eigenvalue weighted by Gasteiger charge is -2.34. The summed E-state index contributed by atoms with van der Waals surface area (Å²) in [6.45, 7) is 6.30. The topological polar surface area (TPSA) is 97.6 Å². The van der Waals surface area contributed by atoms with Crippen LogP contribution in [0, 0.1) is 6.92 Å². The van der Waals surface area contributed by atoms with E-state index in [4.69, 9.17) is 9.72 Å². The van der Waals surface area contributed by atoms with E-state index >= 15 is 0 Å². The van der Waals surface area contributed by atoms with Crippen LogP contribution in [0.15, 0.2) is 18.5 Å². The summed E-state index contributed by atoms with van der Waals surface area (Å²) in [5.74, 6) is 1.69. The van der Waals surface area contributed by atoms with Crippen LogP contribution in [-0.4, -0.2) is 60.1 Å². The van der Waals surface area contributed by atoms with Crippen LogP contribution in [0.2, 0.25) is 0 Å². The van der Waals surface area contributed by atoms with Gasteiger partial charge in [0.2, 0.25) is 0 Å². The number of rotatable bonds is 3. The maximum absolute atomic E-state index is 5.60. The number of aromatic nitrogens is 7. The van der Waals surface area contributed by atoms with Crippen molar-refractivity contribution in [1.82, 2.24) is 34.3 Å². The predicted molar refractivity (Wildman–Crippen MR) is 107 cm³/mol. The summed E-state index contributed by atoms with van der Waals surface area (Å²) in [7, 11) is 1.89. The smallest absolute Gasteiger partial charge is 0.159 e. The van der Waals surface area contributed by atoms with Gasteiger partial charge in [-0.05, 0) is 37.5 Å². The summed E-state index contributed by atoms with van der Waals surface area (Å²) >= 11 is 1.42. The number of anilines is 1. The Kier molecular flexibility index (Phi) is 4.09. The van der Waals surface area contributed by atoms with Gasteiger partial charge in [0.1, 0.15) is 29.0 Å². The molecule has 1 atom stereocenters. The van der Waals surface area contributed by atoms with Crippen LogP contribution in [0.4, 0.5) is 5.82 Å². The van der Waals surface area contributed by atoms with Crippen molar-refractivity contribution in [1.29, 1.82) is 0 Å². The Morgan fingerprint density at radius 2 is 2.21 bits per heavy atom. The van der Waals surface area contributed by atoms with E-state index in [1.54, 1.807) is 11.0 Å². The molecule has 144 valence electrons. The monoisotopic (exact) mass is 396 g/mol. The zero-order valence-corrected chi connectivity index (χ0v) is 16.7. The second-order valence-electron chi connectivity index (χ2n) is 7.00. The first-order chi connectivity index (χ1) is 13.6. The van der Waals surface area contributed by atoms with Gasteiger partial charge in [-0.2, -0.15) is 14.6 Å². The first-order valence-electron chi connectivity index (χ1n) is 9.13. The van der Waals surface area contributed by atoms with Gasteiger partial charge >= 0.3 is 0 Å². The molecule has 1 unspecified atom stereocenters.